The Morgan fingerprint density at radius 3 is 2.06 bits per heavy atom. The summed E-state index contributed by atoms with van der Waals surface area (Å²) in [4.78, 5) is 24.6. The summed E-state index contributed by atoms with van der Waals surface area (Å²) >= 11 is 0. The van der Waals surface area contributed by atoms with Gasteiger partial charge in [0.2, 0.25) is 5.91 Å². The molecule has 17 heavy (non-hydrogen) atoms. The van der Waals surface area contributed by atoms with Gasteiger partial charge in [0.25, 0.3) is 0 Å². The number of urea groups is 1. The molecule has 0 aromatic rings. The minimum absolute atomic E-state index is 0.0161. The van der Waals surface area contributed by atoms with Crippen LogP contribution in [0.4, 0.5) is 4.79 Å². The standard InChI is InChI=1S/C12H21N3O2/c1-9(16)13-11-5-7-15(8-6-11)12(17)14-10-3-2-4-10/h10-11H,2-8H2,1H3,(H,13,16)(H,14,17). The molecule has 2 rings (SSSR count). The van der Waals surface area contributed by atoms with Gasteiger partial charge in [-0.1, -0.05) is 0 Å². The Hall–Kier alpha value is -1.26. The molecule has 1 aliphatic carbocycles. The topological polar surface area (TPSA) is 61.4 Å². The number of piperidine rings is 1. The van der Waals surface area contributed by atoms with E-state index in [0.717, 1.165) is 38.8 Å². The van der Waals surface area contributed by atoms with E-state index in [0.29, 0.717) is 6.04 Å². The number of rotatable bonds is 2. The van der Waals surface area contributed by atoms with E-state index in [1.807, 2.05) is 4.90 Å². The van der Waals surface area contributed by atoms with Gasteiger partial charge in [0.05, 0.1) is 0 Å². The fourth-order valence-corrected chi connectivity index (χ4v) is 2.33. The molecule has 0 atom stereocenters. The molecule has 0 bridgehead atoms. The zero-order valence-corrected chi connectivity index (χ0v) is 10.4. The predicted molar refractivity (Wildman–Crippen MR) is 64.6 cm³/mol. The van der Waals surface area contributed by atoms with Crippen LogP contribution in [0.1, 0.15) is 39.0 Å². The van der Waals surface area contributed by atoms with E-state index >= 15 is 0 Å². The normalized spacial score (nSPS) is 21.8. The third-order valence-corrected chi connectivity index (χ3v) is 3.62. The quantitative estimate of drug-likeness (QED) is 0.750. The van der Waals surface area contributed by atoms with E-state index in [9.17, 15) is 9.59 Å². The molecule has 1 saturated carbocycles. The smallest absolute Gasteiger partial charge is 0.317 e. The minimum Gasteiger partial charge on any atom is -0.353 e. The first-order chi connectivity index (χ1) is 8.15. The first-order valence-electron chi connectivity index (χ1n) is 6.47. The van der Waals surface area contributed by atoms with Crippen molar-refractivity contribution in [3.63, 3.8) is 0 Å². The first kappa shape index (κ1) is 12.2. The van der Waals surface area contributed by atoms with Crippen LogP contribution >= 0.6 is 0 Å². The van der Waals surface area contributed by atoms with Crippen molar-refractivity contribution in [1.29, 1.82) is 0 Å². The van der Waals surface area contributed by atoms with Gasteiger partial charge in [0.1, 0.15) is 0 Å². The highest BCUT2D eigenvalue weighted by Gasteiger charge is 2.26. The van der Waals surface area contributed by atoms with Gasteiger partial charge < -0.3 is 15.5 Å². The lowest BCUT2D eigenvalue weighted by Gasteiger charge is -2.35. The van der Waals surface area contributed by atoms with E-state index in [-0.39, 0.29) is 18.0 Å². The Morgan fingerprint density at radius 2 is 1.59 bits per heavy atom. The molecule has 5 nitrogen and oxygen atoms in total. The summed E-state index contributed by atoms with van der Waals surface area (Å²) in [6, 6.07) is 0.701. The van der Waals surface area contributed by atoms with Crippen LogP contribution in [0, 0.1) is 0 Å². The maximum Gasteiger partial charge on any atom is 0.317 e. The molecule has 0 unspecified atom stereocenters. The molecule has 96 valence electrons. The summed E-state index contributed by atoms with van der Waals surface area (Å²) < 4.78 is 0. The van der Waals surface area contributed by atoms with E-state index in [2.05, 4.69) is 10.6 Å². The molecular weight excluding hydrogens is 218 g/mol. The molecule has 1 aliphatic heterocycles. The van der Waals surface area contributed by atoms with Gasteiger partial charge in [-0.3, -0.25) is 4.79 Å². The number of carbonyl (C=O) groups is 2. The molecule has 2 fully saturated rings. The first-order valence-corrected chi connectivity index (χ1v) is 6.47. The lowest BCUT2D eigenvalue weighted by molar-refractivity contribution is -0.119. The van der Waals surface area contributed by atoms with Gasteiger partial charge in [0.15, 0.2) is 0 Å². The monoisotopic (exact) mass is 239 g/mol. The summed E-state index contributed by atoms with van der Waals surface area (Å²) in [6.07, 6.45) is 5.19. The number of nitrogens with one attached hydrogen (secondary N) is 2. The molecule has 5 heteroatoms. The zero-order chi connectivity index (χ0) is 12.3. The summed E-state index contributed by atoms with van der Waals surface area (Å²) in [5, 5.41) is 5.95. The van der Waals surface area contributed by atoms with Crippen molar-refractivity contribution in [2.24, 2.45) is 0 Å². The van der Waals surface area contributed by atoms with Crippen LogP contribution in [0.15, 0.2) is 0 Å². The SMILES string of the molecule is CC(=O)NC1CCN(C(=O)NC2CCC2)CC1. The molecule has 2 N–H and O–H groups in total. The molecule has 0 spiro atoms. The predicted octanol–water partition coefficient (Wildman–Crippen LogP) is 0.849. The van der Waals surface area contributed by atoms with Crippen LogP contribution < -0.4 is 10.6 Å². The second-order valence-electron chi connectivity index (χ2n) is 5.04. The van der Waals surface area contributed by atoms with Crippen LogP contribution in [0.5, 0.6) is 0 Å². The average Bonchev–Trinajstić information content (AvgIpc) is 2.23. The molecule has 2 aliphatic rings. The highest BCUT2D eigenvalue weighted by Crippen LogP contribution is 2.19. The lowest BCUT2D eigenvalue weighted by Crippen LogP contribution is -2.52. The van der Waals surface area contributed by atoms with Gasteiger partial charge in [-0.2, -0.15) is 0 Å². The average molecular weight is 239 g/mol. The number of amides is 3. The summed E-state index contributed by atoms with van der Waals surface area (Å²) in [5.41, 5.74) is 0. The number of nitrogens with zero attached hydrogens (tertiary/aromatic N) is 1. The molecular formula is C12H21N3O2. The molecule has 0 aromatic heterocycles. The molecule has 3 amide bonds. The fraction of sp³-hybridized carbons (Fsp3) is 0.833. The van der Waals surface area contributed by atoms with Gasteiger partial charge in [-0.25, -0.2) is 4.79 Å². The van der Waals surface area contributed by atoms with Crippen molar-refractivity contribution in [2.75, 3.05) is 13.1 Å². The molecule has 0 radical (unpaired) electrons. The van der Waals surface area contributed by atoms with Crippen LogP contribution in [0.3, 0.4) is 0 Å². The van der Waals surface area contributed by atoms with Gasteiger partial charge in [-0.15, -0.1) is 0 Å². The zero-order valence-electron chi connectivity index (χ0n) is 10.4. The van der Waals surface area contributed by atoms with Crippen LogP contribution in [-0.4, -0.2) is 42.0 Å². The lowest BCUT2D eigenvalue weighted by atomic mass is 9.93. The maximum absolute atomic E-state index is 11.9. The number of carbonyl (C=O) groups excluding carboxylic acids is 2. The Morgan fingerprint density at radius 1 is 1.00 bits per heavy atom. The summed E-state index contributed by atoms with van der Waals surface area (Å²) in [6.45, 7) is 3.02. The highest BCUT2D eigenvalue weighted by atomic mass is 16.2. The van der Waals surface area contributed by atoms with E-state index in [1.54, 1.807) is 0 Å². The van der Waals surface area contributed by atoms with Crippen molar-refractivity contribution in [2.45, 2.75) is 51.1 Å². The van der Waals surface area contributed by atoms with E-state index in [4.69, 9.17) is 0 Å². The Balaban J connectivity index is 1.70. The largest absolute Gasteiger partial charge is 0.353 e. The molecule has 0 aromatic carbocycles. The number of hydrogen-bond acceptors (Lipinski definition) is 2. The summed E-state index contributed by atoms with van der Waals surface area (Å²) in [7, 11) is 0. The fourth-order valence-electron chi connectivity index (χ4n) is 2.33. The van der Waals surface area contributed by atoms with Crippen molar-refractivity contribution >= 4 is 11.9 Å². The second-order valence-corrected chi connectivity index (χ2v) is 5.04. The summed E-state index contributed by atoms with van der Waals surface area (Å²) in [5.74, 6) is 0.0161. The number of hydrogen-bond donors (Lipinski definition) is 2. The second kappa shape index (κ2) is 5.38. The third-order valence-electron chi connectivity index (χ3n) is 3.62. The Labute approximate surface area is 102 Å². The van der Waals surface area contributed by atoms with Crippen LogP contribution in [0.2, 0.25) is 0 Å². The number of likely N-dealkylation sites (tertiary alicyclic amines) is 1. The van der Waals surface area contributed by atoms with Crippen molar-refractivity contribution in [3.8, 4) is 0 Å². The van der Waals surface area contributed by atoms with Crippen molar-refractivity contribution in [3.05, 3.63) is 0 Å². The van der Waals surface area contributed by atoms with Crippen molar-refractivity contribution in [1.82, 2.24) is 15.5 Å². The van der Waals surface area contributed by atoms with E-state index in [1.165, 1.54) is 13.3 Å². The van der Waals surface area contributed by atoms with Gasteiger partial charge in [0, 0.05) is 32.1 Å². The highest BCUT2D eigenvalue weighted by molar-refractivity contribution is 5.75. The van der Waals surface area contributed by atoms with Crippen molar-refractivity contribution < 1.29 is 9.59 Å². The Bertz CT molecular complexity index is 294. The minimum atomic E-state index is 0.0161. The molecule has 1 heterocycles. The maximum atomic E-state index is 11.9. The Kier molecular flexibility index (Phi) is 3.86. The van der Waals surface area contributed by atoms with Crippen LogP contribution in [0.25, 0.3) is 0 Å². The molecule has 1 saturated heterocycles. The van der Waals surface area contributed by atoms with Gasteiger partial charge >= 0.3 is 6.03 Å². The van der Waals surface area contributed by atoms with E-state index < -0.39 is 0 Å². The third kappa shape index (κ3) is 3.35. The van der Waals surface area contributed by atoms with Crippen LogP contribution in [-0.2, 0) is 4.79 Å². The van der Waals surface area contributed by atoms with Gasteiger partial charge in [-0.05, 0) is 32.1 Å².